The second-order valence-corrected chi connectivity index (χ2v) is 6.88. The summed E-state index contributed by atoms with van der Waals surface area (Å²) in [6, 6.07) is 8.67. The van der Waals surface area contributed by atoms with Gasteiger partial charge in [0.1, 0.15) is 5.75 Å². The number of hydrogen-bond acceptors (Lipinski definition) is 3. The van der Waals surface area contributed by atoms with E-state index in [4.69, 9.17) is 21.6 Å². The van der Waals surface area contributed by atoms with Gasteiger partial charge in [0.2, 0.25) is 0 Å². The van der Waals surface area contributed by atoms with Crippen molar-refractivity contribution in [2.24, 2.45) is 0 Å². The Kier molecular flexibility index (Phi) is 5.79. The fraction of sp³-hybridized carbons (Fsp3) is 0.350. The summed E-state index contributed by atoms with van der Waals surface area (Å²) in [7, 11) is 1.42. The van der Waals surface area contributed by atoms with Crippen LogP contribution in [0.2, 0.25) is 5.02 Å². The number of alkyl halides is 3. The number of nitrogens with zero attached hydrogens (tertiary/aromatic N) is 1. The number of nitriles is 1. The molecule has 0 aliphatic heterocycles. The molecule has 0 aliphatic rings. The van der Waals surface area contributed by atoms with Crippen LogP contribution in [0.3, 0.4) is 0 Å². The van der Waals surface area contributed by atoms with Crippen molar-refractivity contribution in [3.05, 3.63) is 63.2 Å². The van der Waals surface area contributed by atoms with Gasteiger partial charge in [0, 0.05) is 10.9 Å². The number of aryl methyl sites for hydroxylation is 2. The summed E-state index contributed by atoms with van der Waals surface area (Å²) in [5, 5.41) is 20.1. The maximum atomic E-state index is 14.1. The van der Waals surface area contributed by atoms with E-state index in [9.17, 15) is 18.3 Å². The van der Waals surface area contributed by atoms with Crippen LogP contribution in [0.5, 0.6) is 5.75 Å². The molecule has 0 bridgehead atoms. The highest BCUT2D eigenvalue weighted by Crippen LogP contribution is 2.50. The van der Waals surface area contributed by atoms with Crippen LogP contribution in [0.15, 0.2) is 30.3 Å². The van der Waals surface area contributed by atoms with Crippen LogP contribution in [0.4, 0.5) is 13.2 Å². The van der Waals surface area contributed by atoms with Crippen molar-refractivity contribution in [2.75, 3.05) is 7.11 Å². The molecular formula is C20H19ClF3NO2. The molecule has 0 aromatic heterocycles. The maximum Gasteiger partial charge on any atom is 0.422 e. The van der Waals surface area contributed by atoms with Gasteiger partial charge in [-0.15, -0.1) is 0 Å². The molecule has 7 heteroatoms. The first kappa shape index (κ1) is 21.1. The molecule has 0 radical (unpaired) electrons. The zero-order chi connectivity index (χ0) is 20.6. The third-order valence-electron chi connectivity index (χ3n) is 4.82. The third kappa shape index (κ3) is 3.62. The first-order chi connectivity index (χ1) is 12.5. The average Bonchev–Trinajstić information content (AvgIpc) is 2.58. The quantitative estimate of drug-likeness (QED) is 0.752. The SMILES string of the molecule is COc1ccc(C(C)C(O)(c2cc(C)c(C#N)c(C)c2)C(F)(F)F)c(Cl)c1. The summed E-state index contributed by atoms with van der Waals surface area (Å²) in [6.07, 6.45) is -4.97. The predicted octanol–water partition coefficient (Wildman–Crippen LogP) is 5.39. The Hall–Kier alpha value is -2.23. The summed E-state index contributed by atoms with van der Waals surface area (Å²) >= 11 is 6.16. The minimum absolute atomic E-state index is 0.0617. The smallest absolute Gasteiger partial charge is 0.422 e. The zero-order valence-electron chi connectivity index (χ0n) is 15.3. The summed E-state index contributed by atoms with van der Waals surface area (Å²) in [5.41, 5.74) is -2.36. The van der Waals surface area contributed by atoms with E-state index in [2.05, 4.69) is 0 Å². The average molecular weight is 398 g/mol. The van der Waals surface area contributed by atoms with Gasteiger partial charge in [-0.3, -0.25) is 0 Å². The highest BCUT2D eigenvalue weighted by Gasteiger charge is 2.59. The van der Waals surface area contributed by atoms with Gasteiger partial charge in [-0.05, 0) is 48.2 Å². The lowest BCUT2D eigenvalue weighted by Crippen LogP contribution is -2.46. The van der Waals surface area contributed by atoms with E-state index < -0.39 is 17.7 Å². The van der Waals surface area contributed by atoms with Crippen LogP contribution >= 0.6 is 11.6 Å². The van der Waals surface area contributed by atoms with Crippen LogP contribution < -0.4 is 4.74 Å². The van der Waals surface area contributed by atoms with Crippen molar-refractivity contribution < 1.29 is 23.0 Å². The Labute approximate surface area is 161 Å². The molecule has 27 heavy (non-hydrogen) atoms. The van der Waals surface area contributed by atoms with Gasteiger partial charge in [-0.1, -0.05) is 36.7 Å². The number of hydrogen-bond donors (Lipinski definition) is 1. The topological polar surface area (TPSA) is 53.2 Å². The van der Waals surface area contributed by atoms with Crippen molar-refractivity contribution in [1.82, 2.24) is 0 Å². The highest BCUT2D eigenvalue weighted by atomic mass is 35.5. The Bertz CT molecular complexity index is 882. The lowest BCUT2D eigenvalue weighted by atomic mass is 9.76. The number of ether oxygens (including phenoxy) is 1. The lowest BCUT2D eigenvalue weighted by Gasteiger charge is -2.37. The molecule has 0 saturated heterocycles. The molecule has 2 unspecified atom stereocenters. The molecule has 2 aromatic carbocycles. The minimum Gasteiger partial charge on any atom is -0.497 e. The molecule has 0 saturated carbocycles. The maximum absolute atomic E-state index is 14.1. The lowest BCUT2D eigenvalue weighted by molar-refractivity contribution is -0.274. The molecular weight excluding hydrogens is 379 g/mol. The molecule has 3 nitrogen and oxygen atoms in total. The van der Waals surface area contributed by atoms with Gasteiger partial charge in [0.25, 0.3) is 0 Å². The molecule has 2 aromatic rings. The fourth-order valence-electron chi connectivity index (χ4n) is 3.23. The molecule has 0 aliphatic carbocycles. The van der Waals surface area contributed by atoms with E-state index in [1.54, 1.807) is 0 Å². The largest absolute Gasteiger partial charge is 0.497 e. The Morgan fingerprint density at radius 1 is 1.15 bits per heavy atom. The molecule has 2 rings (SSSR count). The molecule has 144 valence electrons. The number of methoxy groups -OCH3 is 1. The Morgan fingerprint density at radius 3 is 2.11 bits per heavy atom. The standard InChI is InChI=1S/C20H19ClF3NO2/c1-11-7-14(8-12(2)17(11)10-25)19(26,20(22,23)24)13(3)16-6-5-15(27-4)9-18(16)21/h5-9,13,26H,1-4H3. The van der Waals surface area contributed by atoms with Crippen LogP contribution in [0.1, 0.15) is 40.7 Å². The summed E-state index contributed by atoms with van der Waals surface area (Å²) in [6.45, 7) is 4.35. The van der Waals surface area contributed by atoms with E-state index in [-0.39, 0.29) is 16.1 Å². The van der Waals surface area contributed by atoms with Crippen molar-refractivity contribution in [2.45, 2.75) is 38.5 Å². The van der Waals surface area contributed by atoms with E-state index in [0.29, 0.717) is 22.4 Å². The molecule has 2 atom stereocenters. The second-order valence-electron chi connectivity index (χ2n) is 6.47. The van der Waals surface area contributed by atoms with Crippen molar-refractivity contribution in [1.29, 1.82) is 5.26 Å². The van der Waals surface area contributed by atoms with Gasteiger partial charge in [-0.25, -0.2) is 0 Å². The van der Waals surface area contributed by atoms with Crippen molar-refractivity contribution in [3.8, 4) is 11.8 Å². The van der Waals surface area contributed by atoms with Gasteiger partial charge < -0.3 is 9.84 Å². The van der Waals surface area contributed by atoms with Gasteiger partial charge in [0.05, 0.1) is 18.7 Å². The summed E-state index contributed by atoms with van der Waals surface area (Å²) < 4.78 is 47.2. The van der Waals surface area contributed by atoms with E-state index >= 15 is 0 Å². The normalized spacial score (nSPS) is 15.0. The van der Waals surface area contributed by atoms with Gasteiger partial charge in [-0.2, -0.15) is 18.4 Å². The first-order valence-electron chi connectivity index (χ1n) is 8.11. The number of rotatable bonds is 4. The van der Waals surface area contributed by atoms with E-state index in [1.165, 1.54) is 58.2 Å². The van der Waals surface area contributed by atoms with Gasteiger partial charge >= 0.3 is 6.18 Å². The van der Waals surface area contributed by atoms with Crippen molar-refractivity contribution in [3.63, 3.8) is 0 Å². The van der Waals surface area contributed by atoms with E-state index in [1.807, 2.05) is 6.07 Å². The summed E-state index contributed by atoms with van der Waals surface area (Å²) in [4.78, 5) is 0. The van der Waals surface area contributed by atoms with Crippen LogP contribution in [-0.4, -0.2) is 18.4 Å². The molecule has 0 heterocycles. The molecule has 0 fully saturated rings. The van der Waals surface area contributed by atoms with E-state index in [0.717, 1.165) is 0 Å². The third-order valence-corrected chi connectivity index (χ3v) is 5.14. The Balaban J connectivity index is 2.70. The fourth-order valence-corrected chi connectivity index (χ4v) is 3.56. The number of halogens is 4. The minimum atomic E-state index is -4.97. The zero-order valence-corrected chi connectivity index (χ0v) is 16.0. The monoisotopic (exact) mass is 397 g/mol. The van der Waals surface area contributed by atoms with Crippen LogP contribution in [-0.2, 0) is 5.60 Å². The van der Waals surface area contributed by atoms with Crippen molar-refractivity contribution >= 4 is 11.6 Å². The predicted molar refractivity (Wildman–Crippen MR) is 97.0 cm³/mol. The Morgan fingerprint density at radius 2 is 1.70 bits per heavy atom. The van der Waals surface area contributed by atoms with Gasteiger partial charge in [0.15, 0.2) is 5.60 Å². The second kappa shape index (κ2) is 7.41. The molecule has 0 spiro atoms. The number of benzene rings is 2. The van der Waals surface area contributed by atoms with Crippen LogP contribution in [0.25, 0.3) is 0 Å². The van der Waals surface area contributed by atoms with Crippen LogP contribution in [0, 0.1) is 25.2 Å². The molecule has 1 N–H and O–H groups in total. The summed E-state index contributed by atoms with van der Waals surface area (Å²) in [5.74, 6) is -1.00. The highest BCUT2D eigenvalue weighted by molar-refractivity contribution is 6.31. The number of aliphatic hydroxyl groups is 1. The first-order valence-corrected chi connectivity index (χ1v) is 8.49. The molecule has 0 amide bonds.